The third-order valence-corrected chi connectivity index (χ3v) is 5.26. The molecule has 0 aliphatic carbocycles. The molecular formula is C16H15ClN4O2S. The first-order valence-electron chi connectivity index (χ1n) is 7.14. The average molecular weight is 363 g/mol. The fourth-order valence-corrected chi connectivity index (χ4v) is 3.46. The number of sulfonamides is 1. The van der Waals surface area contributed by atoms with Crippen molar-refractivity contribution in [2.45, 2.75) is 18.4 Å². The summed E-state index contributed by atoms with van der Waals surface area (Å²) >= 11 is 6.01. The van der Waals surface area contributed by atoms with E-state index in [4.69, 9.17) is 11.6 Å². The van der Waals surface area contributed by atoms with Gasteiger partial charge in [0, 0.05) is 10.7 Å². The van der Waals surface area contributed by atoms with Crippen molar-refractivity contribution in [2.24, 2.45) is 0 Å². The van der Waals surface area contributed by atoms with Gasteiger partial charge in [0.1, 0.15) is 12.7 Å². The molecule has 0 atom stereocenters. The van der Waals surface area contributed by atoms with E-state index in [0.29, 0.717) is 17.3 Å². The number of halogens is 1. The summed E-state index contributed by atoms with van der Waals surface area (Å²) < 4.78 is 29.1. The summed E-state index contributed by atoms with van der Waals surface area (Å²) in [5.41, 5.74) is 2.30. The Bertz CT molecular complexity index is 939. The molecule has 1 aromatic heterocycles. The molecule has 24 heavy (non-hydrogen) atoms. The van der Waals surface area contributed by atoms with Crippen LogP contribution in [-0.4, -0.2) is 23.2 Å². The molecule has 1 heterocycles. The van der Waals surface area contributed by atoms with Crippen molar-refractivity contribution in [3.63, 3.8) is 0 Å². The number of benzene rings is 2. The minimum Gasteiger partial charge on any atom is -0.280 e. The Labute approximate surface area is 145 Å². The van der Waals surface area contributed by atoms with Gasteiger partial charge in [-0.15, -0.1) is 0 Å². The molecule has 0 saturated carbocycles. The van der Waals surface area contributed by atoms with Crippen LogP contribution in [0, 0.1) is 6.92 Å². The van der Waals surface area contributed by atoms with Crippen molar-refractivity contribution in [1.82, 2.24) is 14.8 Å². The highest BCUT2D eigenvalue weighted by Crippen LogP contribution is 2.22. The van der Waals surface area contributed by atoms with Crippen LogP contribution in [0.4, 0.5) is 5.69 Å². The summed E-state index contributed by atoms with van der Waals surface area (Å²) in [6.07, 6.45) is 3.09. The number of rotatable bonds is 5. The number of anilines is 1. The average Bonchev–Trinajstić information content (AvgIpc) is 3.04. The van der Waals surface area contributed by atoms with E-state index in [1.165, 1.54) is 18.5 Å². The molecule has 0 amide bonds. The molecule has 0 aliphatic heterocycles. The number of aryl methyl sites for hydroxylation is 1. The van der Waals surface area contributed by atoms with E-state index in [-0.39, 0.29) is 4.90 Å². The summed E-state index contributed by atoms with van der Waals surface area (Å²) in [5.74, 6) is 0. The summed E-state index contributed by atoms with van der Waals surface area (Å²) in [6.45, 7) is 2.39. The van der Waals surface area contributed by atoms with E-state index in [1.807, 2.05) is 19.1 Å². The number of nitrogens with zero attached hydrogens (tertiary/aromatic N) is 3. The Morgan fingerprint density at radius 3 is 2.54 bits per heavy atom. The zero-order chi connectivity index (χ0) is 17.2. The molecule has 124 valence electrons. The summed E-state index contributed by atoms with van der Waals surface area (Å²) in [7, 11) is -3.68. The number of nitrogens with one attached hydrogen (secondary N) is 1. The van der Waals surface area contributed by atoms with Crippen molar-refractivity contribution in [3.05, 3.63) is 71.3 Å². The van der Waals surface area contributed by atoms with Crippen LogP contribution in [0.15, 0.2) is 60.0 Å². The lowest BCUT2D eigenvalue weighted by atomic mass is 10.2. The molecule has 3 rings (SSSR count). The molecular weight excluding hydrogens is 348 g/mol. The fourth-order valence-electron chi connectivity index (χ4n) is 2.13. The molecule has 3 aromatic rings. The zero-order valence-corrected chi connectivity index (χ0v) is 14.4. The van der Waals surface area contributed by atoms with Crippen molar-refractivity contribution in [1.29, 1.82) is 0 Å². The second-order valence-corrected chi connectivity index (χ2v) is 7.40. The first kappa shape index (κ1) is 16.5. The molecule has 6 nitrogen and oxygen atoms in total. The van der Waals surface area contributed by atoms with Crippen LogP contribution < -0.4 is 4.72 Å². The molecule has 8 heteroatoms. The molecule has 1 N–H and O–H groups in total. The van der Waals surface area contributed by atoms with Gasteiger partial charge in [-0.1, -0.05) is 29.8 Å². The minimum absolute atomic E-state index is 0.129. The Morgan fingerprint density at radius 2 is 1.92 bits per heavy atom. The van der Waals surface area contributed by atoms with Gasteiger partial charge >= 0.3 is 0 Å². The molecule has 0 radical (unpaired) electrons. The van der Waals surface area contributed by atoms with Gasteiger partial charge in [0.25, 0.3) is 10.0 Å². The maximum absolute atomic E-state index is 12.4. The lowest BCUT2D eigenvalue weighted by molar-refractivity contribution is 0.601. The first-order valence-corrected chi connectivity index (χ1v) is 9.00. The minimum atomic E-state index is -3.68. The molecule has 2 aromatic carbocycles. The third-order valence-electron chi connectivity index (χ3n) is 3.47. The highest BCUT2D eigenvalue weighted by molar-refractivity contribution is 7.92. The van der Waals surface area contributed by atoms with Crippen LogP contribution in [0.1, 0.15) is 11.1 Å². The van der Waals surface area contributed by atoms with Gasteiger partial charge in [-0.05, 0) is 42.3 Å². The van der Waals surface area contributed by atoms with Gasteiger partial charge in [-0.2, -0.15) is 5.10 Å². The Hall–Kier alpha value is -2.38. The summed E-state index contributed by atoms with van der Waals surface area (Å²) in [5, 5.41) is 4.45. The maximum Gasteiger partial charge on any atom is 0.261 e. The molecule has 0 bridgehead atoms. The predicted molar refractivity (Wildman–Crippen MR) is 92.6 cm³/mol. The monoisotopic (exact) mass is 362 g/mol. The van der Waals surface area contributed by atoms with E-state index in [9.17, 15) is 8.42 Å². The fraction of sp³-hybridized carbons (Fsp3) is 0.125. The Kier molecular flexibility index (Phi) is 4.55. The third kappa shape index (κ3) is 3.74. The summed E-state index contributed by atoms with van der Waals surface area (Å²) in [4.78, 5) is 4.01. The van der Waals surface area contributed by atoms with Crippen LogP contribution in [-0.2, 0) is 16.6 Å². The Morgan fingerprint density at radius 1 is 1.17 bits per heavy atom. The quantitative estimate of drug-likeness (QED) is 0.756. The standard InChI is InChI=1S/C16H15ClN4O2S/c1-12-2-7-15(8-16(12)17)24(22,23)20-14-5-3-13(4-6-14)9-21-11-18-10-19-21/h2-8,10-11,20H,9H2,1H3. The van der Waals surface area contributed by atoms with E-state index >= 15 is 0 Å². The summed E-state index contributed by atoms with van der Waals surface area (Å²) in [6, 6.07) is 11.7. The van der Waals surface area contributed by atoms with E-state index in [2.05, 4.69) is 14.8 Å². The van der Waals surface area contributed by atoms with Gasteiger partial charge in [-0.3, -0.25) is 4.72 Å². The molecule has 0 fully saturated rings. The number of hydrogen-bond acceptors (Lipinski definition) is 4. The molecule has 0 unspecified atom stereocenters. The van der Waals surface area contributed by atoms with Gasteiger partial charge in [-0.25, -0.2) is 18.1 Å². The van der Waals surface area contributed by atoms with Crippen molar-refractivity contribution in [3.8, 4) is 0 Å². The van der Waals surface area contributed by atoms with Crippen molar-refractivity contribution >= 4 is 27.3 Å². The van der Waals surface area contributed by atoms with Crippen LogP contribution >= 0.6 is 11.6 Å². The highest BCUT2D eigenvalue weighted by Gasteiger charge is 2.15. The predicted octanol–water partition coefficient (Wildman–Crippen LogP) is 3.09. The molecule has 0 aliphatic rings. The maximum atomic E-state index is 12.4. The first-order chi connectivity index (χ1) is 11.4. The Balaban J connectivity index is 1.76. The molecule has 0 spiro atoms. The smallest absolute Gasteiger partial charge is 0.261 e. The largest absolute Gasteiger partial charge is 0.280 e. The second-order valence-electron chi connectivity index (χ2n) is 5.31. The van der Waals surface area contributed by atoms with Gasteiger partial charge in [0.05, 0.1) is 11.4 Å². The van der Waals surface area contributed by atoms with Crippen LogP contribution in [0.3, 0.4) is 0 Å². The van der Waals surface area contributed by atoms with Crippen molar-refractivity contribution < 1.29 is 8.42 Å². The number of hydrogen-bond donors (Lipinski definition) is 1. The van der Waals surface area contributed by atoms with Crippen LogP contribution in [0.25, 0.3) is 0 Å². The number of aromatic nitrogens is 3. The van der Waals surface area contributed by atoms with Crippen molar-refractivity contribution in [2.75, 3.05) is 4.72 Å². The van der Waals surface area contributed by atoms with Gasteiger partial charge in [0.15, 0.2) is 0 Å². The van der Waals surface area contributed by atoms with E-state index in [1.54, 1.807) is 29.2 Å². The lowest BCUT2D eigenvalue weighted by Gasteiger charge is -2.10. The van der Waals surface area contributed by atoms with Gasteiger partial charge < -0.3 is 0 Å². The topological polar surface area (TPSA) is 76.9 Å². The lowest BCUT2D eigenvalue weighted by Crippen LogP contribution is -2.13. The van der Waals surface area contributed by atoms with Gasteiger partial charge in [0.2, 0.25) is 0 Å². The zero-order valence-electron chi connectivity index (χ0n) is 12.8. The van der Waals surface area contributed by atoms with Crippen LogP contribution in [0.2, 0.25) is 5.02 Å². The normalized spacial score (nSPS) is 11.4. The second kappa shape index (κ2) is 6.62. The SMILES string of the molecule is Cc1ccc(S(=O)(=O)Nc2ccc(Cn3cncn3)cc2)cc1Cl. The van der Waals surface area contributed by atoms with E-state index in [0.717, 1.165) is 11.1 Å². The highest BCUT2D eigenvalue weighted by atomic mass is 35.5. The van der Waals surface area contributed by atoms with E-state index < -0.39 is 10.0 Å². The van der Waals surface area contributed by atoms with Crippen LogP contribution in [0.5, 0.6) is 0 Å². The molecule has 0 saturated heterocycles.